The molecular formula is C24H33N3O2. The molecule has 0 aromatic heterocycles. The van der Waals surface area contributed by atoms with Gasteiger partial charge in [-0.2, -0.15) is 0 Å². The first-order valence-corrected chi connectivity index (χ1v) is 11.6. The van der Waals surface area contributed by atoms with Gasteiger partial charge in [-0.15, -0.1) is 0 Å². The van der Waals surface area contributed by atoms with E-state index in [1.165, 1.54) is 49.8 Å². The number of hydrogen-bond donors (Lipinski definition) is 0. The van der Waals surface area contributed by atoms with Gasteiger partial charge in [0.25, 0.3) is 5.91 Å². The first-order chi connectivity index (χ1) is 14.2. The van der Waals surface area contributed by atoms with Gasteiger partial charge in [-0.05, 0) is 61.9 Å². The Morgan fingerprint density at radius 2 is 1.69 bits per heavy atom. The van der Waals surface area contributed by atoms with E-state index in [1.54, 1.807) is 0 Å². The predicted molar refractivity (Wildman–Crippen MR) is 113 cm³/mol. The molecule has 1 atom stereocenters. The van der Waals surface area contributed by atoms with Crippen LogP contribution in [-0.4, -0.2) is 65.3 Å². The number of amides is 2. The van der Waals surface area contributed by atoms with E-state index in [9.17, 15) is 9.59 Å². The van der Waals surface area contributed by atoms with Crippen molar-refractivity contribution in [2.45, 2.75) is 64.0 Å². The van der Waals surface area contributed by atoms with E-state index in [-0.39, 0.29) is 11.8 Å². The molecule has 5 nitrogen and oxygen atoms in total. The van der Waals surface area contributed by atoms with Gasteiger partial charge in [0.2, 0.25) is 5.91 Å². The summed E-state index contributed by atoms with van der Waals surface area (Å²) >= 11 is 0. The van der Waals surface area contributed by atoms with Crippen LogP contribution >= 0.6 is 0 Å². The molecule has 5 heteroatoms. The fraction of sp³-hybridized carbons (Fsp3) is 0.667. The lowest BCUT2D eigenvalue weighted by Gasteiger charge is -2.37. The van der Waals surface area contributed by atoms with Crippen molar-refractivity contribution in [2.24, 2.45) is 5.92 Å². The molecule has 2 amide bonds. The molecule has 3 aliphatic heterocycles. The number of nitrogens with zero attached hydrogens (tertiary/aromatic N) is 3. The summed E-state index contributed by atoms with van der Waals surface area (Å²) in [4.78, 5) is 32.6. The normalized spacial score (nSPS) is 25.6. The molecule has 1 saturated carbocycles. The average molecular weight is 396 g/mol. The number of hydrogen-bond acceptors (Lipinski definition) is 3. The molecule has 0 N–H and O–H groups in total. The summed E-state index contributed by atoms with van der Waals surface area (Å²) in [5.41, 5.74) is 3.29. The molecule has 3 heterocycles. The largest absolute Gasteiger partial charge is 0.338 e. The van der Waals surface area contributed by atoms with E-state index in [1.807, 2.05) is 6.07 Å². The van der Waals surface area contributed by atoms with E-state index < -0.39 is 0 Å². The van der Waals surface area contributed by atoms with Gasteiger partial charge in [0, 0.05) is 50.2 Å². The summed E-state index contributed by atoms with van der Waals surface area (Å²) in [5.74, 6) is 0.769. The second-order valence-corrected chi connectivity index (χ2v) is 9.41. The van der Waals surface area contributed by atoms with Crippen molar-refractivity contribution in [2.75, 3.05) is 32.7 Å². The average Bonchev–Trinajstić information content (AvgIpc) is 3.26. The van der Waals surface area contributed by atoms with Gasteiger partial charge in [0.05, 0.1) is 0 Å². The zero-order valence-electron chi connectivity index (χ0n) is 17.4. The van der Waals surface area contributed by atoms with Gasteiger partial charge in [0.15, 0.2) is 0 Å². The first-order valence-electron chi connectivity index (χ1n) is 11.6. The highest BCUT2D eigenvalue weighted by molar-refractivity contribution is 5.94. The van der Waals surface area contributed by atoms with Gasteiger partial charge >= 0.3 is 0 Å². The number of fused-ring (bicyclic) bond motifs is 2. The molecule has 1 aliphatic carbocycles. The second-order valence-electron chi connectivity index (χ2n) is 9.41. The van der Waals surface area contributed by atoms with E-state index >= 15 is 0 Å². The Bertz CT molecular complexity index is 786. The molecule has 2 saturated heterocycles. The predicted octanol–water partition coefficient (Wildman–Crippen LogP) is 3.07. The van der Waals surface area contributed by atoms with Gasteiger partial charge < -0.3 is 9.80 Å². The van der Waals surface area contributed by atoms with Crippen LogP contribution < -0.4 is 0 Å². The zero-order chi connectivity index (χ0) is 19.8. The van der Waals surface area contributed by atoms with Gasteiger partial charge in [-0.25, -0.2) is 0 Å². The lowest BCUT2D eigenvalue weighted by Crippen LogP contribution is -2.52. The fourth-order valence-corrected chi connectivity index (χ4v) is 5.84. The van der Waals surface area contributed by atoms with E-state index in [2.05, 4.69) is 26.8 Å². The highest BCUT2D eigenvalue weighted by Crippen LogP contribution is 2.29. The third-order valence-electron chi connectivity index (χ3n) is 7.61. The van der Waals surface area contributed by atoms with E-state index in [0.29, 0.717) is 18.5 Å². The lowest BCUT2D eigenvalue weighted by atomic mass is 9.87. The Hall–Kier alpha value is -1.88. The minimum atomic E-state index is 0.181. The Morgan fingerprint density at radius 1 is 0.828 bits per heavy atom. The number of rotatable bonds is 2. The zero-order valence-corrected chi connectivity index (χ0v) is 17.4. The molecule has 1 aromatic carbocycles. The van der Waals surface area contributed by atoms with E-state index in [4.69, 9.17) is 0 Å². The van der Waals surface area contributed by atoms with Crippen LogP contribution in [0.3, 0.4) is 0 Å². The topological polar surface area (TPSA) is 43.9 Å². The summed E-state index contributed by atoms with van der Waals surface area (Å²) in [6, 6.07) is 6.73. The van der Waals surface area contributed by atoms with Crippen molar-refractivity contribution in [3.63, 3.8) is 0 Å². The third-order valence-corrected chi connectivity index (χ3v) is 7.61. The second kappa shape index (κ2) is 8.10. The first kappa shape index (κ1) is 19.1. The maximum atomic E-state index is 13.1. The standard InChI is InChI=1S/C24H33N3O2/c28-23(18-5-2-1-3-6-18)26-12-10-19-15-20(8-9-21(19)16-26)24(29)27-14-13-25-11-4-7-22(25)17-27/h8-9,15,18,22H,1-7,10-14,16-17H2. The number of benzene rings is 1. The minimum Gasteiger partial charge on any atom is -0.338 e. The monoisotopic (exact) mass is 395 g/mol. The molecule has 5 rings (SSSR count). The third kappa shape index (κ3) is 3.81. The molecule has 1 aromatic rings. The molecule has 0 bridgehead atoms. The number of piperazine rings is 1. The summed E-state index contributed by atoms with van der Waals surface area (Å²) in [6.45, 7) is 5.43. The molecule has 4 aliphatic rings. The Kier molecular flexibility index (Phi) is 5.33. The van der Waals surface area contributed by atoms with Crippen LogP contribution in [0.1, 0.15) is 66.4 Å². The summed E-state index contributed by atoms with van der Waals surface area (Å²) in [6.07, 6.45) is 9.14. The summed E-state index contributed by atoms with van der Waals surface area (Å²) < 4.78 is 0. The fourth-order valence-electron chi connectivity index (χ4n) is 5.84. The van der Waals surface area contributed by atoms with Crippen molar-refractivity contribution >= 4 is 11.8 Å². The van der Waals surface area contributed by atoms with Crippen LogP contribution in [0.5, 0.6) is 0 Å². The highest BCUT2D eigenvalue weighted by Gasteiger charge is 2.33. The van der Waals surface area contributed by atoms with Crippen LogP contribution in [-0.2, 0) is 17.8 Å². The minimum absolute atomic E-state index is 0.181. The molecule has 0 spiro atoms. The Morgan fingerprint density at radius 3 is 2.55 bits per heavy atom. The number of carbonyl (C=O) groups excluding carboxylic acids is 2. The highest BCUT2D eigenvalue weighted by atomic mass is 16.2. The van der Waals surface area contributed by atoms with Crippen molar-refractivity contribution in [1.29, 1.82) is 0 Å². The van der Waals surface area contributed by atoms with Crippen molar-refractivity contribution in [3.8, 4) is 0 Å². The van der Waals surface area contributed by atoms with Crippen LogP contribution in [0.15, 0.2) is 18.2 Å². The van der Waals surface area contributed by atoms with Gasteiger partial charge in [-0.1, -0.05) is 25.3 Å². The van der Waals surface area contributed by atoms with Crippen molar-refractivity contribution in [3.05, 3.63) is 34.9 Å². The molecule has 0 radical (unpaired) electrons. The SMILES string of the molecule is O=C(c1ccc2c(c1)CCN(C(=O)C1CCCCC1)C2)N1CCN2CCCC2C1. The smallest absolute Gasteiger partial charge is 0.253 e. The molecule has 29 heavy (non-hydrogen) atoms. The summed E-state index contributed by atoms with van der Waals surface area (Å²) in [5, 5.41) is 0. The van der Waals surface area contributed by atoms with Gasteiger partial charge in [0.1, 0.15) is 0 Å². The number of carbonyl (C=O) groups is 2. The van der Waals surface area contributed by atoms with Crippen LogP contribution in [0.4, 0.5) is 0 Å². The van der Waals surface area contributed by atoms with Crippen molar-refractivity contribution < 1.29 is 9.59 Å². The van der Waals surface area contributed by atoms with Gasteiger partial charge in [-0.3, -0.25) is 14.5 Å². The molecular weight excluding hydrogens is 362 g/mol. The molecule has 3 fully saturated rings. The summed E-state index contributed by atoms with van der Waals surface area (Å²) in [7, 11) is 0. The molecule has 1 unspecified atom stereocenters. The Balaban J connectivity index is 1.25. The van der Waals surface area contributed by atoms with Crippen LogP contribution in [0.25, 0.3) is 0 Å². The van der Waals surface area contributed by atoms with Crippen LogP contribution in [0.2, 0.25) is 0 Å². The van der Waals surface area contributed by atoms with Crippen LogP contribution in [0, 0.1) is 5.92 Å². The maximum Gasteiger partial charge on any atom is 0.253 e. The van der Waals surface area contributed by atoms with Crippen molar-refractivity contribution in [1.82, 2.24) is 14.7 Å². The Labute approximate surface area is 174 Å². The maximum absolute atomic E-state index is 13.1. The van der Waals surface area contributed by atoms with E-state index in [0.717, 1.165) is 51.0 Å². The molecule has 156 valence electrons. The quantitative estimate of drug-likeness (QED) is 0.773. The lowest BCUT2D eigenvalue weighted by molar-refractivity contribution is -0.137.